The molecule has 0 saturated carbocycles. The smallest absolute Gasteiger partial charge is 0.261 e. The number of pyridine rings is 1. The highest BCUT2D eigenvalue weighted by molar-refractivity contribution is 7.92. The zero-order valence-electron chi connectivity index (χ0n) is 11.2. The van der Waals surface area contributed by atoms with Gasteiger partial charge in [-0.25, -0.2) is 8.42 Å². The van der Waals surface area contributed by atoms with Crippen LogP contribution in [0.5, 0.6) is 0 Å². The van der Waals surface area contributed by atoms with Gasteiger partial charge in [-0.05, 0) is 41.8 Å². The average Bonchev–Trinajstić information content (AvgIpc) is 2.47. The Labute approximate surface area is 118 Å². The van der Waals surface area contributed by atoms with Crippen LogP contribution in [0.2, 0.25) is 0 Å². The van der Waals surface area contributed by atoms with Gasteiger partial charge < -0.3 is 5.73 Å². The van der Waals surface area contributed by atoms with Gasteiger partial charge in [-0.3, -0.25) is 9.71 Å². The van der Waals surface area contributed by atoms with E-state index in [-0.39, 0.29) is 4.90 Å². The molecule has 0 saturated heterocycles. The summed E-state index contributed by atoms with van der Waals surface area (Å²) in [5.74, 6) is 0. The van der Waals surface area contributed by atoms with E-state index >= 15 is 0 Å². The molecule has 2 aromatic rings. The van der Waals surface area contributed by atoms with Crippen molar-refractivity contribution in [1.82, 2.24) is 4.98 Å². The van der Waals surface area contributed by atoms with Gasteiger partial charge in [0.05, 0.1) is 16.8 Å². The molecule has 0 amide bonds. The minimum absolute atomic E-state index is 0.207. The first kappa shape index (κ1) is 14.5. The van der Waals surface area contributed by atoms with Gasteiger partial charge >= 0.3 is 0 Å². The van der Waals surface area contributed by atoms with Crippen molar-refractivity contribution < 1.29 is 8.42 Å². The molecule has 0 aliphatic carbocycles. The number of aryl methyl sites for hydroxylation is 1. The van der Waals surface area contributed by atoms with Crippen LogP contribution in [0.4, 0.5) is 5.69 Å². The number of anilines is 1. The second-order valence-electron chi connectivity index (χ2n) is 4.34. The summed E-state index contributed by atoms with van der Waals surface area (Å²) in [5, 5.41) is 0. The lowest BCUT2D eigenvalue weighted by atomic mass is 10.1. The summed E-state index contributed by atoms with van der Waals surface area (Å²) in [6, 6.07) is 8.34. The van der Waals surface area contributed by atoms with Gasteiger partial charge in [0.1, 0.15) is 0 Å². The van der Waals surface area contributed by atoms with Gasteiger partial charge in [0.25, 0.3) is 10.0 Å². The molecule has 1 aromatic carbocycles. The molecule has 20 heavy (non-hydrogen) atoms. The van der Waals surface area contributed by atoms with Crippen LogP contribution in [0.25, 0.3) is 0 Å². The highest BCUT2D eigenvalue weighted by Gasteiger charge is 2.15. The summed E-state index contributed by atoms with van der Waals surface area (Å²) < 4.78 is 27.1. The van der Waals surface area contributed by atoms with Crippen molar-refractivity contribution in [3.05, 3.63) is 53.9 Å². The highest BCUT2D eigenvalue weighted by atomic mass is 32.2. The van der Waals surface area contributed by atoms with Crippen LogP contribution < -0.4 is 10.5 Å². The summed E-state index contributed by atoms with van der Waals surface area (Å²) in [6.45, 7) is 2.33. The van der Waals surface area contributed by atoms with E-state index in [0.717, 1.165) is 17.5 Å². The standard InChI is InChI=1S/C14H17N3O2S/c1-2-11-5-6-14(8-12(11)9-15)20(18,19)17-13-4-3-7-16-10-13/h3-8,10,17H,2,9,15H2,1H3. The molecule has 1 heterocycles. The number of nitrogens with zero attached hydrogens (tertiary/aromatic N) is 1. The number of hydrogen-bond donors (Lipinski definition) is 2. The number of nitrogens with one attached hydrogen (secondary N) is 1. The molecule has 2 rings (SSSR count). The Hall–Kier alpha value is -1.92. The molecule has 6 heteroatoms. The fourth-order valence-electron chi connectivity index (χ4n) is 1.94. The van der Waals surface area contributed by atoms with Crippen molar-refractivity contribution in [1.29, 1.82) is 0 Å². The number of rotatable bonds is 5. The van der Waals surface area contributed by atoms with Crippen LogP contribution in [0, 0.1) is 0 Å². The quantitative estimate of drug-likeness (QED) is 0.881. The van der Waals surface area contributed by atoms with Crippen molar-refractivity contribution in [2.24, 2.45) is 5.73 Å². The number of hydrogen-bond acceptors (Lipinski definition) is 4. The molecular formula is C14H17N3O2S. The van der Waals surface area contributed by atoms with Crippen LogP contribution in [0.15, 0.2) is 47.6 Å². The van der Waals surface area contributed by atoms with Crippen LogP contribution in [0.1, 0.15) is 18.1 Å². The predicted octanol–water partition coefficient (Wildman–Crippen LogP) is 1.90. The molecule has 0 fully saturated rings. The first-order valence-corrected chi connectivity index (χ1v) is 7.80. The van der Waals surface area contributed by atoms with Crippen LogP contribution >= 0.6 is 0 Å². The number of benzene rings is 1. The second-order valence-corrected chi connectivity index (χ2v) is 6.02. The Morgan fingerprint density at radius 1 is 1.25 bits per heavy atom. The lowest BCUT2D eigenvalue weighted by Crippen LogP contribution is -2.14. The maximum Gasteiger partial charge on any atom is 0.261 e. The summed E-state index contributed by atoms with van der Waals surface area (Å²) in [7, 11) is -3.62. The van der Waals surface area contributed by atoms with E-state index in [2.05, 4.69) is 9.71 Å². The third-order valence-electron chi connectivity index (χ3n) is 3.00. The van der Waals surface area contributed by atoms with E-state index in [9.17, 15) is 8.42 Å². The molecule has 0 radical (unpaired) electrons. The molecular weight excluding hydrogens is 274 g/mol. The van der Waals surface area contributed by atoms with Crippen molar-refractivity contribution in [2.45, 2.75) is 24.8 Å². The average molecular weight is 291 g/mol. The topological polar surface area (TPSA) is 85.1 Å². The van der Waals surface area contributed by atoms with Crippen molar-refractivity contribution in [3.8, 4) is 0 Å². The van der Waals surface area contributed by atoms with Gasteiger partial charge in [-0.15, -0.1) is 0 Å². The predicted molar refractivity (Wildman–Crippen MR) is 78.8 cm³/mol. The first-order valence-electron chi connectivity index (χ1n) is 6.31. The fraction of sp³-hybridized carbons (Fsp3) is 0.214. The zero-order valence-corrected chi connectivity index (χ0v) is 12.0. The van der Waals surface area contributed by atoms with Crippen molar-refractivity contribution >= 4 is 15.7 Å². The number of aromatic nitrogens is 1. The maximum atomic E-state index is 12.3. The SMILES string of the molecule is CCc1ccc(S(=O)(=O)Nc2cccnc2)cc1CN. The zero-order chi connectivity index (χ0) is 14.6. The number of sulfonamides is 1. The lowest BCUT2D eigenvalue weighted by Gasteiger charge is -2.11. The second kappa shape index (κ2) is 6.02. The molecule has 106 valence electrons. The maximum absolute atomic E-state index is 12.3. The molecule has 0 atom stereocenters. The Balaban J connectivity index is 2.35. The molecule has 0 unspecified atom stereocenters. The van der Waals surface area contributed by atoms with Crippen molar-refractivity contribution in [3.63, 3.8) is 0 Å². The van der Waals surface area contributed by atoms with Gasteiger partial charge in [-0.1, -0.05) is 13.0 Å². The Morgan fingerprint density at radius 3 is 2.65 bits per heavy atom. The summed E-state index contributed by atoms with van der Waals surface area (Å²) in [5.41, 5.74) is 8.01. The number of nitrogens with two attached hydrogens (primary N) is 1. The Bertz CT molecular complexity index is 685. The third-order valence-corrected chi connectivity index (χ3v) is 4.38. The fourth-order valence-corrected chi connectivity index (χ4v) is 3.04. The summed E-state index contributed by atoms with van der Waals surface area (Å²) in [4.78, 5) is 4.08. The van der Waals surface area contributed by atoms with E-state index < -0.39 is 10.0 Å². The largest absolute Gasteiger partial charge is 0.326 e. The lowest BCUT2D eigenvalue weighted by molar-refractivity contribution is 0.601. The van der Waals surface area contributed by atoms with Crippen LogP contribution in [0.3, 0.4) is 0 Å². The molecule has 5 nitrogen and oxygen atoms in total. The normalized spacial score (nSPS) is 11.3. The van der Waals surface area contributed by atoms with Crippen LogP contribution in [-0.4, -0.2) is 13.4 Å². The summed E-state index contributed by atoms with van der Waals surface area (Å²) in [6.07, 6.45) is 3.87. The third kappa shape index (κ3) is 3.15. The Kier molecular flexibility index (Phi) is 4.36. The molecule has 0 aliphatic heterocycles. The Morgan fingerprint density at radius 2 is 2.05 bits per heavy atom. The van der Waals surface area contributed by atoms with Gasteiger partial charge in [-0.2, -0.15) is 0 Å². The van der Waals surface area contributed by atoms with E-state index in [1.165, 1.54) is 6.20 Å². The van der Waals surface area contributed by atoms with E-state index in [4.69, 9.17) is 5.73 Å². The molecule has 0 spiro atoms. The molecule has 0 aliphatic rings. The van der Waals surface area contributed by atoms with E-state index in [0.29, 0.717) is 12.2 Å². The molecule has 1 aromatic heterocycles. The van der Waals surface area contributed by atoms with Crippen LogP contribution in [-0.2, 0) is 23.0 Å². The van der Waals surface area contributed by atoms with E-state index in [1.807, 2.05) is 6.92 Å². The molecule has 0 bridgehead atoms. The van der Waals surface area contributed by atoms with Crippen molar-refractivity contribution in [2.75, 3.05) is 4.72 Å². The summed E-state index contributed by atoms with van der Waals surface area (Å²) >= 11 is 0. The minimum atomic E-state index is -3.62. The van der Waals surface area contributed by atoms with Gasteiger partial charge in [0, 0.05) is 12.7 Å². The first-order chi connectivity index (χ1) is 9.56. The van der Waals surface area contributed by atoms with Gasteiger partial charge in [0.15, 0.2) is 0 Å². The van der Waals surface area contributed by atoms with Gasteiger partial charge in [0.2, 0.25) is 0 Å². The highest BCUT2D eigenvalue weighted by Crippen LogP contribution is 2.19. The monoisotopic (exact) mass is 291 g/mol. The molecule has 3 N–H and O–H groups in total. The minimum Gasteiger partial charge on any atom is -0.326 e. The van der Waals surface area contributed by atoms with E-state index in [1.54, 1.807) is 36.5 Å².